The van der Waals surface area contributed by atoms with E-state index in [9.17, 15) is 9.59 Å². The topological polar surface area (TPSA) is 81.9 Å². The summed E-state index contributed by atoms with van der Waals surface area (Å²) in [4.78, 5) is 29.4. The Balaban J connectivity index is 2.71. The number of hydrogen-bond acceptors (Lipinski definition) is 6. The van der Waals surface area contributed by atoms with Gasteiger partial charge in [-0.15, -0.1) is 0 Å². The zero-order valence-corrected chi connectivity index (χ0v) is 15.6. The molecule has 0 aromatic carbocycles. The third-order valence-electron chi connectivity index (χ3n) is 3.55. The van der Waals surface area contributed by atoms with Crippen molar-refractivity contribution < 1.29 is 23.5 Å². The molecule has 0 saturated carbocycles. The molecule has 0 bridgehead atoms. The second kappa shape index (κ2) is 8.17. The van der Waals surface area contributed by atoms with E-state index in [2.05, 4.69) is 9.72 Å². The Morgan fingerprint density at radius 1 is 1.33 bits per heavy atom. The highest BCUT2D eigenvalue weighted by molar-refractivity contribution is 5.86. The highest BCUT2D eigenvalue weighted by atomic mass is 16.6. The van der Waals surface area contributed by atoms with E-state index in [0.717, 1.165) is 0 Å². The monoisotopic (exact) mass is 340 g/mol. The van der Waals surface area contributed by atoms with Crippen LogP contribution in [0.1, 0.15) is 57.4 Å². The predicted molar refractivity (Wildman–Crippen MR) is 88.8 cm³/mol. The highest BCUT2D eigenvalue weighted by Gasteiger charge is 2.27. The molecule has 0 saturated heterocycles. The molecule has 0 aliphatic rings. The minimum atomic E-state index is -0.537. The number of hydrogen-bond donors (Lipinski definition) is 0. The normalized spacial score (nSPS) is 12.8. The van der Waals surface area contributed by atoms with Gasteiger partial charge in [-0.1, -0.05) is 13.8 Å². The first kappa shape index (κ1) is 20.0. The van der Waals surface area contributed by atoms with Crippen molar-refractivity contribution in [2.24, 2.45) is 5.92 Å². The van der Waals surface area contributed by atoms with E-state index in [4.69, 9.17) is 9.15 Å². The summed E-state index contributed by atoms with van der Waals surface area (Å²) in [5.41, 5.74) is -0.390. The molecule has 1 aromatic heterocycles. The second-order valence-corrected chi connectivity index (χ2v) is 7.06. The van der Waals surface area contributed by atoms with Crippen LogP contribution in [0.25, 0.3) is 0 Å². The van der Waals surface area contributed by atoms with Crippen molar-refractivity contribution in [2.45, 2.75) is 59.1 Å². The highest BCUT2D eigenvalue weighted by Crippen LogP contribution is 2.19. The summed E-state index contributed by atoms with van der Waals surface area (Å²) in [6.45, 7) is 9.60. The summed E-state index contributed by atoms with van der Waals surface area (Å²) in [7, 11) is 3.02. The van der Waals surface area contributed by atoms with E-state index in [-0.39, 0.29) is 23.7 Å². The molecule has 1 aromatic rings. The molecule has 7 heteroatoms. The fourth-order valence-electron chi connectivity index (χ4n) is 2.34. The minimum Gasteiger partial charge on any atom is -0.464 e. The largest absolute Gasteiger partial charge is 0.464 e. The van der Waals surface area contributed by atoms with Crippen molar-refractivity contribution >= 4 is 12.1 Å². The minimum absolute atomic E-state index is 0.0340. The molecule has 7 nitrogen and oxygen atoms in total. The first-order valence-electron chi connectivity index (χ1n) is 8.03. The molecule has 1 amide bonds. The van der Waals surface area contributed by atoms with Gasteiger partial charge in [0.15, 0.2) is 11.6 Å². The van der Waals surface area contributed by atoms with Crippen LogP contribution in [0.15, 0.2) is 10.7 Å². The third kappa shape index (κ3) is 5.86. The lowest BCUT2D eigenvalue weighted by Gasteiger charge is -2.33. The molecule has 1 rings (SSSR count). The van der Waals surface area contributed by atoms with Crippen molar-refractivity contribution in [3.8, 4) is 0 Å². The summed E-state index contributed by atoms with van der Waals surface area (Å²) < 4.78 is 15.3. The molecule has 0 aliphatic heterocycles. The number of carbonyl (C=O) groups is 2. The second-order valence-electron chi connectivity index (χ2n) is 7.06. The molecular formula is C17H28N2O5. The molecule has 0 fully saturated rings. The fourth-order valence-corrected chi connectivity index (χ4v) is 2.34. The van der Waals surface area contributed by atoms with E-state index >= 15 is 0 Å². The number of aryl methyl sites for hydroxylation is 1. The van der Waals surface area contributed by atoms with Crippen LogP contribution >= 0.6 is 0 Å². The molecule has 0 unspecified atom stereocenters. The van der Waals surface area contributed by atoms with Gasteiger partial charge in [0.1, 0.15) is 11.9 Å². The van der Waals surface area contributed by atoms with Crippen LogP contribution in [-0.4, -0.2) is 47.7 Å². The maximum Gasteiger partial charge on any atom is 0.410 e. The number of esters is 1. The number of ether oxygens (including phenoxy) is 2. The number of aromatic nitrogens is 1. The van der Waals surface area contributed by atoms with E-state index in [1.54, 1.807) is 11.9 Å². The number of nitrogens with zero attached hydrogens (tertiary/aromatic N) is 2. The maximum atomic E-state index is 12.3. The average molecular weight is 340 g/mol. The lowest BCUT2D eigenvalue weighted by molar-refractivity contribution is 0.0168. The fraction of sp³-hybridized carbons (Fsp3) is 0.706. The van der Waals surface area contributed by atoms with E-state index in [1.165, 1.54) is 13.4 Å². The predicted octanol–water partition coefficient (Wildman–Crippen LogP) is 3.29. The smallest absolute Gasteiger partial charge is 0.410 e. The number of carbonyl (C=O) groups excluding carboxylic acids is 2. The van der Waals surface area contributed by atoms with Crippen LogP contribution in [0.2, 0.25) is 0 Å². The Bertz CT molecular complexity index is 560. The standard InChI is InChI=1S/C17H28N2O5/c1-11(2)13(19(6)16(21)24-17(3,4)5)8-9-14-18-12(10-23-14)15(20)22-7/h10-11,13H,8-9H2,1-7H3/t13-/m1/s1. The summed E-state index contributed by atoms with van der Waals surface area (Å²) >= 11 is 0. The first-order chi connectivity index (χ1) is 11.0. The average Bonchev–Trinajstić information content (AvgIpc) is 2.93. The summed E-state index contributed by atoms with van der Waals surface area (Å²) in [5.74, 6) is 0.146. The molecule has 24 heavy (non-hydrogen) atoms. The van der Waals surface area contributed by atoms with Crippen molar-refractivity contribution in [2.75, 3.05) is 14.2 Å². The molecule has 0 spiro atoms. The number of amides is 1. The molecule has 0 N–H and O–H groups in total. The Morgan fingerprint density at radius 2 is 1.96 bits per heavy atom. The van der Waals surface area contributed by atoms with Crippen LogP contribution in [0.3, 0.4) is 0 Å². The lowest BCUT2D eigenvalue weighted by Crippen LogP contribution is -2.43. The van der Waals surface area contributed by atoms with Gasteiger partial charge in [0.05, 0.1) is 7.11 Å². The van der Waals surface area contributed by atoms with Gasteiger partial charge in [-0.2, -0.15) is 0 Å². The molecular weight excluding hydrogens is 312 g/mol. The van der Waals surface area contributed by atoms with Crippen molar-refractivity contribution in [3.05, 3.63) is 17.8 Å². The van der Waals surface area contributed by atoms with Gasteiger partial charge in [-0.05, 0) is 33.1 Å². The van der Waals surface area contributed by atoms with Gasteiger partial charge in [0, 0.05) is 19.5 Å². The van der Waals surface area contributed by atoms with Crippen LogP contribution in [0, 0.1) is 5.92 Å². The summed E-state index contributed by atoms with van der Waals surface area (Å²) in [6, 6.07) is -0.0340. The van der Waals surface area contributed by atoms with Gasteiger partial charge in [-0.3, -0.25) is 0 Å². The first-order valence-corrected chi connectivity index (χ1v) is 8.03. The SMILES string of the molecule is COC(=O)c1coc(CC[C@H](C(C)C)N(C)C(=O)OC(C)(C)C)n1. The van der Waals surface area contributed by atoms with E-state index in [1.807, 2.05) is 34.6 Å². The Morgan fingerprint density at radius 3 is 2.46 bits per heavy atom. The molecule has 1 atom stereocenters. The Kier molecular flexibility index (Phi) is 6.81. The zero-order chi connectivity index (χ0) is 18.5. The van der Waals surface area contributed by atoms with Gasteiger partial charge in [0.2, 0.25) is 0 Å². The van der Waals surface area contributed by atoms with E-state index in [0.29, 0.717) is 18.7 Å². The lowest BCUT2D eigenvalue weighted by atomic mass is 9.98. The van der Waals surface area contributed by atoms with Gasteiger partial charge in [0.25, 0.3) is 0 Å². The van der Waals surface area contributed by atoms with Gasteiger partial charge in [-0.25, -0.2) is 14.6 Å². The maximum absolute atomic E-state index is 12.3. The van der Waals surface area contributed by atoms with Gasteiger partial charge >= 0.3 is 12.1 Å². The quantitative estimate of drug-likeness (QED) is 0.739. The number of oxazole rings is 1. The molecule has 136 valence electrons. The molecule has 0 aliphatic carbocycles. The summed E-state index contributed by atoms with van der Waals surface area (Å²) in [5, 5.41) is 0. The molecule has 0 radical (unpaired) electrons. The van der Waals surface area contributed by atoms with Crippen molar-refractivity contribution in [1.29, 1.82) is 0 Å². The Labute approximate surface area is 143 Å². The zero-order valence-electron chi connectivity index (χ0n) is 15.6. The number of methoxy groups -OCH3 is 1. The third-order valence-corrected chi connectivity index (χ3v) is 3.55. The van der Waals surface area contributed by atoms with Crippen LogP contribution in [0.5, 0.6) is 0 Å². The van der Waals surface area contributed by atoms with Crippen LogP contribution in [0.4, 0.5) is 4.79 Å². The summed E-state index contributed by atoms with van der Waals surface area (Å²) in [6.07, 6.45) is 2.08. The van der Waals surface area contributed by atoms with Crippen molar-refractivity contribution in [3.63, 3.8) is 0 Å². The van der Waals surface area contributed by atoms with Crippen LogP contribution < -0.4 is 0 Å². The van der Waals surface area contributed by atoms with Crippen molar-refractivity contribution in [1.82, 2.24) is 9.88 Å². The molecule has 1 heterocycles. The Hall–Kier alpha value is -2.05. The number of rotatable bonds is 6. The van der Waals surface area contributed by atoms with Gasteiger partial charge < -0.3 is 18.8 Å². The van der Waals surface area contributed by atoms with E-state index < -0.39 is 11.6 Å². The van der Waals surface area contributed by atoms with Crippen LogP contribution in [-0.2, 0) is 15.9 Å².